The van der Waals surface area contributed by atoms with Gasteiger partial charge in [-0.1, -0.05) is 19.9 Å². The standard InChI is InChI=1S/C11H17NS/c1-11(2)6-5-10(11)12-8-9-4-3-7-13-9/h3-4,7,10,12H,5-6,8H2,1-2H3. The van der Waals surface area contributed by atoms with Crippen LogP contribution in [0.4, 0.5) is 0 Å². The third-order valence-corrected chi connectivity index (χ3v) is 4.00. The van der Waals surface area contributed by atoms with E-state index in [1.807, 2.05) is 11.3 Å². The highest BCUT2D eigenvalue weighted by Gasteiger charge is 2.37. The fraction of sp³-hybridized carbons (Fsp3) is 0.636. The molecular weight excluding hydrogens is 178 g/mol. The number of hydrogen-bond acceptors (Lipinski definition) is 2. The van der Waals surface area contributed by atoms with Gasteiger partial charge in [-0.2, -0.15) is 0 Å². The molecule has 13 heavy (non-hydrogen) atoms. The van der Waals surface area contributed by atoms with Gasteiger partial charge in [0, 0.05) is 17.5 Å². The van der Waals surface area contributed by atoms with Crippen molar-refractivity contribution in [3.63, 3.8) is 0 Å². The van der Waals surface area contributed by atoms with E-state index in [1.54, 1.807) is 0 Å². The summed E-state index contributed by atoms with van der Waals surface area (Å²) >= 11 is 1.84. The van der Waals surface area contributed by atoms with Gasteiger partial charge in [-0.25, -0.2) is 0 Å². The molecule has 1 aromatic rings. The zero-order valence-corrected chi connectivity index (χ0v) is 9.16. The van der Waals surface area contributed by atoms with Gasteiger partial charge in [0.05, 0.1) is 0 Å². The maximum absolute atomic E-state index is 3.62. The van der Waals surface area contributed by atoms with Crippen LogP contribution in [-0.2, 0) is 6.54 Å². The second kappa shape index (κ2) is 3.43. The number of hydrogen-bond donors (Lipinski definition) is 1. The minimum atomic E-state index is 0.525. The van der Waals surface area contributed by atoms with Crippen molar-refractivity contribution in [3.05, 3.63) is 22.4 Å². The summed E-state index contributed by atoms with van der Waals surface area (Å²) in [7, 11) is 0. The van der Waals surface area contributed by atoms with Crippen molar-refractivity contribution in [1.29, 1.82) is 0 Å². The molecule has 2 heteroatoms. The first-order chi connectivity index (χ1) is 6.18. The molecule has 0 bridgehead atoms. The zero-order chi connectivity index (χ0) is 9.31. The van der Waals surface area contributed by atoms with Crippen molar-refractivity contribution in [1.82, 2.24) is 5.32 Å². The van der Waals surface area contributed by atoms with Crippen LogP contribution in [0.5, 0.6) is 0 Å². The maximum atomic E-state index is 3.62. The molecule has 1 nitrogen and oxygen atoms in total. The second-order valence-electron chi connectivity index (χ2n) is 4.54. The fourth-order valence-electron chi connectivity index (χ4n) is 1.88. The van der Waals surface area contributed by atoms with E-state index in [0.717, 1.165) is 12.6 Å². The average molecular weight is 195 g/mol. The fourth-order valence-corrected chi connectivity index (χ4v) is 2.54. The summed E-state index contributed by atoms with van der Waals surface area (Å²) in [6, 6.07) is 5.05. The van der Waals surface area contributed by atoms with Gasteiger partial charge >= 0.3 is 0 Å². The molecule has 1 unspecified atom stereocenters. The van der Waals surface area contributed by atoms with Crippen LogP contribution in [0.2, 0.25) is 0 Å². The Balaban J connectivity index is 1.81. The normalized spacial score (nSPS) is 25.5. The molecule has 1 heterocycles. The first-order valence-electron chi connectivity index (χ1n) is 4.94. The summed E-state index contributed by atoms with van der Waals surface area (Å²) in [5.74, 6) is 0. The van der Waals surface area contributed by atoms with E-state index in [-0.39, 0.29) is 0 Å². The van der Waals surface area contributed by atoms with Crippen LogP contribution in [0.1, 0.15) is 31.6 Å². The molecule has 72 valence electrons. The molecule has 1 fully saturated rings. The van der Waals surface area contributed by atoms with Crippen molar-refractivity contribution in [2.75, 3.05) is 0 Å². The topological polar surface area (TPSA) is 12.0 Å². The summed E-state index contributed by atoms with van der Waals surface area (Å²) in [4.78, 5) is 1.45. The lowest BCUT2D eigenvalue weighted by Gasteiger charge is -2.45. The Bertz CT molecular complexity index is 264. The number of rotatable bonds is 3. The zero-order valence-electron chi connectivity index (χ0n) is 8.34. The highest BCUT2D eigenvalue weighted by molar-refractivity contribution is 7.09. The van der Waals surface area contributed by atoms with Crippen molar-refractivity contribution < 1.29 is 0 Å². The first-order valence-corrected chi connectivity index (χ1v) is 5.82. The van der Waals surface area contributed by atoms with Crippen LogP contribution in [0.15, 0.2) is 17.5 Å². The SMILES string of the molecule is CC1(C)CCC1NCc1cccs1. The molecule has 0 aliphatic heterocycles. The average Bonchev–Trinajstić information content (AvgIpc) is 2.55. The summed E-state index contributed by atoms with van der Waals surface area (Å²) in [6.07, 6.45) is 2.72. The minimum Gasteiger partial charge on any atom is -0.309 e. The lowest BCUT2D eigenvalue weighted by molar-refractivity contribution is 0.108. The van der Waals surface area contributed by atoms with Crippen molar-refractivity contribution in [3.8, 4) is 0 Å². The molecule has 1 saturated carbocycles. The van der Waals surface area contributed by atoms with E-state index in [1.165, 1.54) is 17.7 Å². The molecule has 1 N–H and O–H groups in total. The van der Waals surface area contributed by atoms with E-state index in [2.05, 4.69) is 36.7 Å². The maximum Gasteiger partial charge on any atom is 0.0302 e. The Morgan fingerprint density at radius 2 is 2.46 bits per heavy atom. The second-order valence-corrected chi connectivity index (χ2v) is 5.57. The van der Waals surface area contributed by atoms with Crippen molar-refractivity contribution in [2.45, 2.75) is 39.3 Å². The molecule has 1 aromatic heterocycles. The Hall–Kier alpha value is -0.340. The minimum absolute atomic E-state index is 0.525. The smallest absolute Gasteiger partial charge is 0.0302 e. The molecule has 2 rings (SSSR count). The van der Waals surface area contributed by atoms with Crippen molar-refractivity contribution >= 4 is 11.3 Å². The van der Waals surface area contributed by atoms with Gasteiger partial charge in [0.1, 0.15) is 0 Å². The lowest BCUT2D eigenvalue weighted by Crippen LogP contribution is -2.49. The molecule has 0 radical (unpaired) electrons. The molecule has 1 aliphatic carbocycles. The summed E-state index contributed by atoms with van der Waals surface area (Å²) in [5, 5.41) is 5.76. The van der Waals surface area contributed by atoms with E-state index < -0.39 is 0 Å². The molecule has 0 spiro atoms. The van der Waals surface area contributed by atoms with E-state index in [4.69, 9.17) is 0 Å². The predicted octanol–water partition coefficient (Wildman–Crippen LogP) is 3.03. The Morgan fingerprint density at radius 1 is 1.62 bits per heavy atom. The van der Waals surface area contributed by atoms with Gasteiger partial charge in [0.2, 0.25) is 0 Å². The molecule has 0 amide bonds. The Kier molecular flexibility index (Phi) is 2.43. The van der Waals surface area contributed by atoms with E-state index in [9.17, 15) is 0 Å². The van der Waals surface area contributed by atoms with Crippen LogP contribution < -0.4 is 5.32 Å². The monoisotopic (exact) mass is 195 g/mol. The van der Waals surface area contributed by atoms with E-state index >= 15 is 0 Å². The van der Waals surface area contributed by atoms with Crippen LogP contribution in [0, 0.1) is 5.41 Å². The van der Waals surface area contributed by atoms with Crippen LogP contribution >= 0.6 is 11.3 Å². The Labute approximate surface area is 84.2 Å². The van der Waals surface area contributed by atoms with Gasteiger partial charge in [-0.05, 0) is 29.7 Å². The number of nitrogens with one attached hydrogen (secondary N) is 1. The van der Waals surface area contributed by atoms with Gasteiger partial charge in [0.15, 0.2) is 0 Å². The van der Waals surface area contributed by atoms with Gasteiger partial charge in [-0.3, -0.25) is 0 Å². The third-order valence-electron chi connectivity index (χ3n) is 3.12. The summed E-state index contributed by atoms with van der Waals surface area (Å²) < 4.78 is 0. The highest BCUT2D eigenvalue weighted by atomic mass is 32.1. The van der Waals surface area contributed by atoms with Crippen molar-refractivity contribution in [2.24, 2.45) is 5.41 Å². The summed E-state index contributed by atoms with van der Waals surface area (Å²) in [6.45, 7) is 5.75. The van der Waals surface area contributed by atoms with Crippen LogP contribution in [0.25, 0.3) is 0 Å². The Morgan fingerprint density at radius 3 is 2.92 bits per heavy atom. The molecular formula is C11H17NS. The molecule has 0 aromatic carbocycles. The summed E-state index contributed by atoms with van der Waals surface area (Å²) in [5.41, 5.74) is 0.525. The van der Waals surface area contributed by atoms with Gasteiger partial charge in [0.25, 0.3) is 0 Å². The lowest BCUT2D eigenvalue weighted by atomic mass is 9.67. The molecule has 1 aliphatic rings. The first kappa shape index (κ1) is 9.22. The third kappa shape index (κ3) is 1.94. The van der Waals surface area contributed by atoms with E-state index in [0.29, 0.717) is 5.41 Å². The van der Waals surface area contributed by atoms with Gasteiger partial charge in [-0.15, -0.1) is 11.3 Å². The predicted molar refractivity (Wildman–Crippen MR) is 58.0 cm³/mol. The van der Waals surface area contributed by atoms with Crippen LogP contribution in [0.3, 0.4) is 0 Å². The largest absolute Gasteiger partial charge is 0.309 e. The molecule has 1 atom stereocenters. The number of thiophene rings is 1. The van der Waals surface area contributed by atoms with Gasteiger partial charge < -0.3 is 5.32 Å². The quantitative estimate of drug-likeness (QED) is 0.781. The van der Waals surface area contributed by atoms with Crippen LogP contribution in [-0.4, -0.2) is 6.04 Å². The highest BCUT2D eigenvalue weighted by Crippen LogP contribution is 2.40. The molecule has 0 saturated heterocycles.